The molecule has 1 aliphatic carbocycles. The molecule has 1 atom stereocenters. The summed E-state index contributed by atoms with van der Waals surface area (Å²) in [4.78, 5) is 11.5. The molecule has 1 aliphatic rings. The number of carbonyl (C=O) groups is 1. The van der Waals surface area contributed by atoms with E-state index in [0.717, 1.165) is 32.3 Å². The van der Waals surface area contributed by atoms with Crippen LogP contribution >= 0.6 is 0 Å². The molecule has 1 fully saturated rings. The molecule has 0 bridgehead atoms. The minimum atomic E-state index is -0.567. The second-order valence-corrected chi connectivity index (χ2v) is 5.69. The highest BCUT2D eigenvalue weighted by Gasteiger charge is 2.36. The molecule has 1 amide bonds. The number of nitrogens with one attached hydrogen (secondary N) is 1. The standard InChI is InChI=1S/C13H26N2O2/c1-10(2)9-17-8-4-7-13(3,12(14)16)15-11-5-6-11/h10-11,15H,4-9H2,1-3H3,(H2,14,16). The van der Waals surface area contributed by atoms with E-state index in [4.69, 9.17) is 10.5 Å². The van der Waals surface area contributed by atoms with Gasteiger partial charge in [-0.3, -0.25) is 4.79 Å². The predicted molar refractivity (Wildman–Crippen MR) is 68.6 cm³/mol. The van der Waals surface area contributed by atoms with Gasteiger partial charge in [-0.15, -0.1) is 0 Å². The third-order valence-corrected chi connectivity index (χ3v) is 3.06. The summed E-state index contributed by atoms with van der Waals surface area (Å²) in [6.07, 6.45) is 3.93. The maximum Gasteiger partial charge on any atom is 0.237 e. The molecule has 4 nitrogen and oxygen atoms in total. The van der Waals surface area contributed by atoms with Gasteiger partial charge in [-0.25, -0.2) is 0 Å². The number of rotatable bonds is 9. The van der Waals surface area contributed by atoms with Crippen LogP contribution in [0.3, 0.4) is 0 Å². The van der Waals surface area contributed by atoms with Crippen molar-refractivity contribution in [2.75, 3.05) is 13.2 Å². The second-order valence-electron chi connectivity index (χ2n) is 5.69. The maximum absolute atomic E-state index is 11.5. The Morgan fingerprint density at radius 3 is 2.65 bits per heavy atom. The zero-order chi connectivity index (χ0) is 12.9. The third kappa shape index (κ3) is 5.50. The smallest absolute Gasteiger partial charge is 0.237 e. The first-order chi connectivity index (χ1) is 7.94. The van der Waals surface area contributed by atoms with Crippen LogP contribution in [0.2, 0.25) is 0 Å². The Kier molecular flexibility index (Phi) is 5.40. The lowest BCUT2D eigenvalue weighted by atomic mass is 9.95. The highest BCUT2D eigenvalue weighted by atomic mass is 16.5. The van der Waals surface area contributed by atoms with Crippen LogP contribution in [0, 0.1) is 5.92 Å². The van der Waals surface area contributed by atoms with Crippen molar-refractivity contribution in [1.82, 2.24) is 5.32 Å². The summed E-state index contributed by atoms with van der Waals surface area (Å²) in [7, 11) is 0. The van der Waals surface area contributed by atoms with Gasteiger partial charge in [0.2, 0.25) is 5.91 Å². The van der Waals surface area contributed by atoms with Crippen LogP contribution in [-0.4, -0.2) is 30.7 Å². The molecule has 3 N–H and O–H groups in total. The second kappa shape index (κ2) is 6.36. The van der Waals surface area contributed by atoms with Gasteiger partial charge >= 0.3 is 0 Å². The Labute approximate surface area is 104 Å². The van der Waals surface area contributed by atoms with Gasteiger partial charge in [0.1, 0.15) is 0 Å². The maximum atomic E-state index is 11.5. The number of amides is 1. The number of ether oxygens (including phenoxy) is 1. The normalized spacial score (nSPS) is 19.3. The quantitative estimate of drug-likeness (QED) is 0.601. The molecule has 0 aromatic carbocycles. The number of hydrogen-bond acceptors (Lipinski definition) is 3. The molecule has 1 rings (SSSR count). The fraction of sp³-hybridized carbons (Fsp3) is 0.923. The van der Waals surface area contributed by atoms with E-state index < -0.39 is 5.54 Å². The van der Waals surface area contributed by atoms with E-state index >= 15 is 0 Å². The first-order valence-electron chi connectivity index (χ1n) is 6.59. The van der Waals surface area contributed by atoms with Crippen molar-refractivity contribution in [1.29, 1.82) is 0 Å². The highest BCUT2D eigenvalue weighted by Crippen LogP contribution is 2.24. The Morgan fingerprint density at radius 1 is 1.53 bits per heavy atom. The first-order valence-corrected chi connectivity index (χ1v) is 6.59. The predicted octanol–water partition coefficient (Wildman–Crippen LogP) is 1.44. The molecule has 0 spiro atoms. The summed E-state index contributed by atoms with van der Waals surface area (Å²) in [6.45, 7) is 7.64. The summed E-state index contributed by atoms with van der Waals surface area (Å²) in [5.74, 6) is 0.301. The lowest BCUT2D eigenvalue weighted by Gasteiger charge is -2.27. The van der Waals surface area contributed by atoms with Crippen molar-refractivity contribution in [3.8, 4) is 0 Å². The van der Waals surface area contributed by atoms with Crippen molar-refractivity contribution in [3.05, 3.63) is 0 Å². The molecule has 0 aliphatic heterocycles. The summed E-state index contributed by atoms with van der Waals surface area (Å²) >= 11 is 0. The molecule has 0 heterocycles. The number of primary amides is 1. The van der Waals surface area contributed by atoms with Gasteiger partial charge in [0, 0.05) is 19.3 Å². The highest BCUT2D eigenvalue weighted by molar-refractivity contribution is 5.84. The molecule has 100 valence electrons. The van der Waals surface area contributed by atoms with Crippen molar-refractivity contribution in [2.24, 2.45) is 11.7 Å². The fourth-order valence-corrected chi connectivity index (χ4v) is 1.79. The molecule has 0 aromatic heterocycles. The summed E-state index contributed by atoms with van der Waals surface area (Å²) < 4.78 is 5.51. The Morgan fingerprint density at radius 2 is 2.18 bits per heavy atom. The Hall–Kier alpha value is -0.610. The van der Waals surface area contributed by atoms with Crippen LogP contribution in [0.5, 0.6) is 0 Å². The van der Waals surface area contributed by atoms with E-state index in [9.17, 15) is 4.79 Å². The van der Waals surface area contributed by atoms with Crippen LogP contribution in [0.4, 0.5) is 0 Å². The molecule has 0 saturated heterocycles. The molecule has 1 unspecified atom stereocenters. The zero-order valence-electron chi connectivity index (χ0n) is 11.3. The zero-order valence-corrected chi connectivity index (χ0v) is 11.3. The van der Waals surface area contributed by atoms with Crippen molar-refractivity contribution in [2.45, 2.75) is 58.0 Å². The van der Waals surface area contributed by atoms with Gasteiger partial charge in [-0.1, -0.05) is 13.8 Å². The fourth-order valence-electron chi connectivity index (χ4n) is 1.79. The molecule has 0 aromatic rings. The van der Waals surface area contributed by atoms with Gasteiger partial charge in [0.15, 0.2) is 0 Å². The molecule has 0 radical (unpaired) electrons. The van der Waals surface area contributed by atoms with Gasteiger partial charge < -0.3 is 15.8 Å². The molecular weight excluding hydrogens is 216 g/mol. The topological polar surface area (TPSA) is 64.3 Å². The largest absolute Gasteiger partial charge is 0.381 e. The third-order valence-electron chi connectivity index (χ3n) is 3.06. The summed E-state index contributed by atoms with van der Waals surface area (Å²) in [5, 5.41) is 3.34. The van der Waals surface area contributed by atoms with Crippen LogP contribution in [0.25, 0.3) is 0 Å². The summed E-state index contributed by atoms with van der Waals surface area (Å²) in [5.41, 5.74) is 4.90. The number of nitrogens with two attached hydrogens (primary N) is 1. The van der Waals surface area contributed by atoms with E-state index in [1.54, 1.807) is 0 Å². The van der Waals surface area contributed by atoms with E-state index in [0.29, 0.717) is 18.6 Å². The lowest BCUT2D eigenvalue weighted by molar-refractivity contribution is -0.124. The lowest BCUT2D eigenvalue weighted by Crippen LogP contribution is -2.54. The van der Waals surface area contributed by atoms with Crippen molar-refractivity contribution < 1.29 is 9.53 Å². The van der Waals surface area contributed by atoms with Crippen LogP contribution < -0.4 is 11.1 Å². The SMILES string of the molecule is CC(C)COCCCC(C)(NC1CC1)C(N)=O. The molecular formula is C13H26N2O2. The minimum Gasteiger partial charge on any atom is -0.381 e. The summed E-state index contributed by atoms with van der Waals surface area (Å²) in [6, 6.07) is 0.490. The van der Waals surface area contributed by atoms with E-state index in [1.807, 2.05) is 6.92 Å². The van der Waals surface area contributed by atoms with Crippen LogP contribution in [-0.2, 0) is 9.53 Å². The molecule has 4 heteroatoms. The van der Waals surface area contributed by atoms with Crippen LogP contribution in [0.1, 0.15) is 46.5 Å². The number of carbonyl (C=O) groups excluding carboxylic acids is 1. The monoisotopic (exact) mass is 242 g/mol. The van der Waals surface area contributed by atoms with Crippen molar-refractivity contribution >= 4 is 5.91 Å². The van der Waals surface area contributed by atoms with Gasteiger partial charge in [-0.05, 0) is 38.5 Å². The average Bonchev–Trinajstić information content (AvgIpc) is 3.00. The van der Waals surface area contributed by atoms with Gasteiger partial charge in [-0.2, -0.15) is 0 Å². The van der Waals surface area contributed by atoms with Gasteiger partial charge in [0.25, 0.3) is 0 Å². The Balaban J connectivity index is 2.21. The van der Waals surface area contributed by atoms with E-state index in [2.05, 4.69) is 19.2 Å². The minimum absolute atomic E-state index is 0.256. The van der Waals surface area contributed by atoms with Crippen molar-refractivity contribution in [3.63, 3.8) is 0 Å². The van der Waals surface area contributed by atoms with Gasteiger partial charge in [0.05, 0.1) is 5.54 Å². The Bertz CT molecular complexity index is 252. The molecule has 1 saturated carbocycles. The first kappa shape index (κ1) is 14.5. The van der Waals surface area contributed by atoms with E-state index in [1.165, 1.54) is 0 Å². The molecule has 17 heavy (non-hydrogen) atoms. The number of hydrogen-bond donors (Lipinski definition) is 2. The average molecular weight is 242 g/mol. The van der Waals surface area contributed by atoms with E-state index in [-0.39, 0.29) is 5.91 Å². The van der Waals surface area contributed by atoms with Crippen LogP contribution in [0.15, 0.2) is 0 Å².